The number of rotatable bonds is 11. The van der Waals surface area contributed by atoms with Gasteiger partial charge in [-0.05, 0) is 12.8 Å². The number of nitrogens with zero attached hydrogens (tertiary/aromatic N) is 1. The molecule has 2 fully saturated rings. The summed E-state index contributed by atoms with van der Waals surface area (Å²) in [6, 6.07) is -0.267. The lowest BCUT2D eigenvalue weighted by Gasteiger charge is -2.37. The zero-order valence-electron chi connectivity index (χ0n) is 15.0. The molecule has 0 aromatic heterocycles. The number of ether oxygens (including phenoxy) is 2. The molecule has 1 N–H and O–H groups in total. The van der Waals surface area contributed by atoms with Gasteiger partial charge >= 0.3 is 7.82 Å². The Kier molecular flexibility index (Phi) is 7.28. The van der Waals surface area contributed by atoms with Crippen LogP contribution in [0, 0.1) is 0 Å². The molecule has 0 radical (unpaired) electrons. The topological polar surface area (TPSA) is 86.7 Å². The summed E-state index contributed by atoms with van der Waals surface area (Å²) >= 11 is 0. The molecule has 10 heteroatoms. The zero-order valence-corrected chi connectivity index (χ0v) is 15.9. The van der Waals surface area contributed by atoms with Gasteiger partial charge in [-0.15, -0.1) is 0 Å². The van der Waals surface area contributed by atoms with Gasteiger partial charge in [-0.1, -0.05) is 26.7 Å². The first-order valence-corrected chi connectivity index (χ1v) is 10.2. The fraction of sp³-hybridized carbons (Fsp3) is 1.00. The average molecular weight is 365 g/mol. The van der Waals surface area contributed by atoms with Crippen LogP contribution < -0.4 is 0 Å². The van der Waals surface area contributed by atoms with E-state index >= 15 is 0 Å². The van der Waals surface area contributed by atoms with E-state index in [0.717, 1.165) is 19.3 Å². The van der Waals surface area contributed by atoms with Crippen LogP contribution in [0.3, 0.4) is 0 Å². The summed E-state index contributed by atoms with van der Waals surface area (Å²) in [5.74, 6) is 0. The predicted molar refractivity (Wildman–Crippen MR) is 90.1 cm³/mol. The molecule has 2 bridgehead atoms. The molecule has 2 rings (SSSR count). The van der Waals surface area contributed by atoms with Crippen molar-refractivity contribution in [2.45, 2.75) is 63.5 Å². The minimum absolute atomic E-state index is 0.175. The summed E-state index contributed by atoms with van der Waals surface area (Å²) in [7, 11) is -0.626. The molecule has 0 saturated carbocycles. The molecule has 0 amide bonds. The Morgan fingerprint density at radius 1 is 1.29 bits per heavy atom. The largest absolute Gasteiger partial charge is 0.472 e. The molecule has 8 nitrogen and oxygen atoms in total. The number of unbranched alkanes of at least 4 members (excludes halogenated alkanes) is 2. The van der Waals surface area contributed by atoms with Crippen LogP contribution in [-0.4, -0.2) is 68.6 Å². The summed E-state index contributed by atoms with van der Waals surface area (Å²) in [6.07, 6.45) is 2.29. The van der Waals surface area contributed by atoms with Gasteiger partial charge in [-0.3, -0.25) is 13.9 Å². The minimum atomic E-state index is -4.19. The molecule has 140 valence electrons. The molecule has 2 aliphatic heterocycles. The molecule has 0 aliphatic carbocycles. The zero-order chi connectivity index (χ0) is 17.8. The van der Waals surface area contributed by atoms with E-state index in [2.05, 4.69) is 6.92 Å². The number of hydrogen-bond donors (Lipinski definition) is 1. The van der Waals surface area contributed by atoms with E-state index in [1.807, 2.05) is 14.8 Å². The highest BCUT2D eigenvalue weighted by molar-refractivity contribution is 7.47. The van der Waals surface area contributed by atoms with Crippen LogP contribution in [0.1, 0.15) is 39.5 Å². The second kappa shape index (κ2) is 8.60. The molecule has 4 unspecified atom stereocenters. The number of hydroxylamine groups is 2. The third-order valence-corrected chi connectivity index (χ3v) is 5.36. The van der Waals surface area contributed by atoms with Crippen LogP contribution in [0.25, 0.3) is 0 Å². The Morgan fingerprint density at radius 3 is 2.62 bits per heavy atom. The van der Waals surface area contributed by atoms with Gasteiger partial charge in [0, 0.05) is 13.7 Å². The first kappa shape index (κ1) is 20.3. The smallest absolute Gasteiger partial charge is 0.377 e. The summed E-state index contributed by atoms with van der Waals surface area (Å²) in [5, 5.41) is 1.53. The molecule has 0 aromatic carbocycles. The van der Waals surface area contributed by atoms with E-state index in [-0.39, 0.29) is 19.2 Å². The van der Waals surface area contributed by atoms with E-state index in [1.54, 1.807) is 7.05 Å². The van der Waals surface area contributed by atoms with Gasteiger partial charge in [-0.25, -0.2) is 4.57 Å². The highest BCUT2D eigenvalue weighted by Gasteiger charge is 2.66. The average Bonchev–Trinajstić information content (AvgIpc) is 2.91. The van der Waals surface area contributed by atoms with Crippen molar-refractivity contribution in [1.29, 1.82) is 0 Å². The highest BCUT2D eigenvalue weighted by Crippen LogP contribution is 2.53. The van der Waals surface area contributed by atoms with Crippen molar-refractivity contribution in [3.8, 4) is 0 Å². The molecule has 2 saturated heterocycles. The second-order valence-corrected chi connectivity index (χ2v) is 7.73. The molecule has 5 atom stereocenters. The Morgan fingerprint density at radius 2 is 1.96 bits per heavy atom. The van der Waals surface area contributed by atoms with Crippen molar-refractivity contribution in [2.24, 2.45) is 0 Å². The van der Waals surface area contributed by atoms with Crippen LogP contribution >= 0.6 is 7.82 Å². The maximum absolute atomic E-state index is 12.2. The van der Waals surface area contributed by atoms with Crippen LogP contribution in [0.5, 0.6) is 0 Å². The van der Waals surface area contributed by atoms with E-state index in [1.165, 1.54) is 5.06 Å². The van der Waals surface area contributed by atoms with Crippen LogP contribution in [-0.2, 0) is 27.9 Å². The number of fused-ring (bicyclic) bond motifs is 2. The molecule has 0 spiro atoms. The van der Waals surface area contributed by atoms with Crippen LogP contribution in [0.15, 0.2) is 0 Å². The SMILES string of the molecule is BC1O[C@]2(COCCCC)C(OP(=O)(O)OCCCC)C1ON2C. The quantitative estimate of drug-likeness (QED) is 0.330. The summed E-state index contributed by atoms with van der Waals surface area (Å²) in [5.41, 5.74) is -1.04. The van der Waals surface area contributed by atoms with Crippen LogP contribution in [0.2, 0.25) is 0 Å². The van der Waals surface area contributed by atoms with Crippen molar-refractivity contribution in [3.63, 3.8) is 0 Å². The third kappa shape index (κ3) is 4.40. The highest BCUT2D eigenvalue weighted by atomic mass is 31.2. The monoisotopic (exact) mass is 365 g/mol. The van der Waals surface area contributed by atoms with E-state index in [0.29, 0.717) is 13.0 Å². The van der Waals surface area contributed by atoms with E-state index in [9.17, 15) is 9.46 Å². The van der Waals surface area contributed by atoms with Crippen molar-refractivity contribution in [1.82, 2.24) is 5.06 Å². The summed E-state index contributed by atoms with van der Waals surface area (Å²) in [4.78, 5) is 15.7. The maximum atomic E-state index is 12.2. The van der Waals surface area contributed by atoms with Gasteiger partial charge in [0.1, 0.15) is 20.1 Å². The van der Waals surface area contributed by atoms with Crippen molar-refractivity contribution < 1.29 is 32.8 Å². The van der Waals surface area contributed by atoms with E-state index in [4.69, 9.17) is 23.4 Å². The Bertz CT molecular complexity index is 457. The number of likely N-dealkylation sites (N-methyl/N-ethyl adjacent to an activating group) is 1. The molecular formula is C14H29BNO7P. The van der Waals surface area contributed by atoms with Gasteiger partial charge in [0.2, 0.25) is 0 Å². The lowest BCUT2D eigenvalue weighted by Crippen LogP contribution is -2.54. The lowest BCUT2D eigenvalue weighted by atomic mass is 9.93. The van der Waals surface area contributed by atoms with Gasteiger partial charge in [0.05, 0.1) is 19.2 Å². The molecule has 24 heavy (non-hydrogen) atoms. The Balaban J connectivity index is 2.04. The fourth-order valence-electron chi connectivity index (χ4n) is 2.94. The maximum Gasteiger partial charge on any atom is 0.472 e. The lowest BCUT2D eigenvalue weighted by molar-refractivity contribution is -0.316. The third-order valence-electron chi connectivity index (χ3n) is 4.36. The van der Waals surface area contributed by atoms with Gasteiger partial charge in [0.25, 0.3) is 0 Å². The first-order valence-electron chi connectivity index (χ1n) is 8.68. The fourth-order valence-corrected chi connectivity index (χ4v) is 3.93. The van der Waals surface area contributed by atoms with Crippen LogP contribution in [0.4, 0.5) is 0 Å². The summed E-state index contributed by atoms with van der Waals surface area (Å²) in [6.45, 7) is 5.02. The Labute approximate surface area is 144 Å². The number of phosphoric ester groups is 1. The molecule has 2 heterocycles. The first-order chi connectivity index (χ1) is 11.4. The van der Waals surface area contributed by atoms with Gasteiger partial charge < -0.3 is 14.4 Å². The van der Waals surface area contributed by atoms with Crippen molar-refractivity contribution >= 4 is 15.7 Å². The second-order valence-electron chi connectivity index (χ2n) is 6.32. The number of hydrogen-bond acceptors (Lipinski definition) is 7. The molecule has 2 aliphatic rings. The summed E-state index contributed by atoms with van der Waals surface area (Å²) < 4.78 is 34.4. The standard InChI is InChI=1S/C14H29BNO7P/c1-4-6-8-19-10-14-12(11(13(15)21-14)22-16(14)3)23-24(17,18)20-9-7-5-2/h11-13H,4-10,15H2,1-3H3,(H,17,18)/t11?,12?,13?,14-/m1/s1. The predicted octanol–water partition coefficient (Wildman–Crippen LogP) is 1.04. The molecular weight excluding hydrogens is 336 g/mol. The normalized spacial score (nSPS) is 35.4. The van der Waals surface area contributed by atoms with E-state index < -0.39 is 25.8 Å². The Hall–Kier alpha value is 0.0149. The van der Waals surface area contributed by atoms with Gasteiger partial charge in [0.15, 0.2) is 5.72 Å². The van der Waals surface area contributed by atoms with Crippen molar-refractivity contribution in [2.75, 3.05) is 26.9 Å². The number of phosphoric acid groups is 1. The van der Waals surface area contributed by atoms with Crippen molar-refractivity contribution in [3.05, 3.63) is 0 Å². The van der Waals surface area contributed by atoms with Gasteiger partial charge in [-0.2, -0.15) is 5.06 Å². The molecule has 0 aromatic rings. The minimum Gasteiger partial charge on any atom is -0.377 e.